The van der Waals surface area contributed by atoms with Gasteiger partial charge in [-0.3, -0.25) is 4.31 Å². The van der Waals surface area contributed by atoms with E-state index < -0.39 is 16.0 Å². The fourth-order valence-electron chi connectivity index (χ4n) is 3.67. The predicted molar refractivity (Wildman–Crippen MR) is 138 cm³/mol. The van der Waals surface area contributed by atoms with E-state index in [0.29, 0.717) is 17.2 Å². The summed E-state index contributed by atoms with van der Waals surface area (Å²) in [7, 11) is -2.65. The number of sulfonamides is 1. The molecule has 4 aromatic rings. The number of ether oxygens (including phenoxy) is 2. The van der Waals surface area contributed by atoms with Crippen molar-refractivity contribution < 1.29 is 22.7 Å². The minimum atomic E-state index is -4.11. The first-order chi connectivity index (χ1) is 16.9. The fourth-order valence-corrected chi connectivity index (χ4v) is 5.33. The number of carbonyl (C=O) groups excluding carboxylic acids is 1. The Balaban J connectivity index is 1.73. The molecule has 0 saturated carbocycles. The van der Waals surface area contributed by atoms with Gasteiger partial charge in [0.1, 0.15) is 11.5 Å². The molecular formula is C27H22ClNO5S. The van der Waals surface area contributed by atoms with Crippen molar-refractivity contribution in [2.45, 2.75) is 4.90 Å². The third-order valence-electron chi connectivity index (χ3n) is 5.35. The van der Waals surface area contributed by atoms with Gasteiger partial charge in [0, 0.05) is 5.39 Å². The summed E-state index contributed by atoms with van der Waals surface area (Å²) in [6, 6.07) is 23.5. The maximum absolute atomic E-state index is 13.6. The minimum absolute atomic E-state index is 0.0128. The molecule has 4 aromatic carbocycles. The molecule has 0 aliphatic carbocycles. The van der Waals surface area contributed by atoms with Gasteiger partial charge in [-0.2, -0.15) is 0 Å². The van der Waals surface area contributed by atoms with Crippen LogP contribution in [0.25, 0.3) is 10.8 Å². The molecule has 0 N–H and O–H groups in total. The highest BCUT2D eigenvalue weighted by Crippen LogP contribution is 2.33. The van der Waals surface area contributed by atoms with Crippen LogP contribution in [0.15, 0.2) is 102 Å². The molecule has 0 aliphatic rings. The van der Waals surface area contributed by atoms with Gasteiger partial charge in [0.15, 0.2) is 0 Å². The van der Waals surface area contributed by atoms with E-state index in [9.17, 15) is 13.2 Å². The molecule has 178 valence electrons. The van der Waals surface area contributed by atoms with E-state index >= 15 is 0 Å². The van der Waals surface area contributed by atoms with Crippen LogP contribution in [-0.2, 0) is 10.0 Å². The standard InChI is InChI=1S/C27H22ClNO5S/c1-3-17-29(24-12-6-7-13-26(24)33-2)35(31,32)20-15-16-23(28)22(18-20)27(30)34-25-14-8-10-19-9-4-5-11-21(19)25/h3-16,18H,1,17H2,2H3. The lowest BCUT2D eigenvalue weighted by Gasteiger charge is -2.25. The number of rotatable bonds is 8. The average molecular weight is 508 g/mol. The Bertz CT molecular complexity index is 1510. The van der Waals surface area contributed by atoms with E-state index in [1.165, 1.54) is 31.4 Å². The zero-order chi connectivity index (χ0) is 25.0. The van der Waals surface area contributed by atoms with Gasteiger partial charge in [-0.15, -0.1) is 6.58 Å². The number of hydrogen-bond donors (Lipinski definition) is 0. The van der Waals surface area contributed by atoms with Crippen molar-refractivity contribution in [1.29, 1.82) is 0 Å². The maximum atomic E-state index is 13.6. The average Bonchev–Trinajstić information content (AvgIpc) is 2.87. The molecule has 0 aliphatic heterocycles. The third-order valence-corrected chi connectivity index (χ3v) is 7.45. The van der Waals surface area contributed by atoms with Crippen molar-refractivity contribution in [3.05, 3.63) is 108 Å². The summed E-state index contributed by atoms with van der Waals surface area (Å²) in [5.41, 5.74) is 0.268. The van der Waals surface area contributed by atoms with Gasteiger partial charge in [-0.1, -0.05) is 66.2 Å². The first kappa shape index (κ1) is 24.3. The van der Waals surface area contributed by atoms with Crippen LogP contribution in [0.4, 0.5) is 5.69 Å². The van der Waals surface area contributed by atoms with Crippen LogP contribution in [0.1, 0.15) is 10.4 Å². The molecule has 0 heterocycles. The zero-order valence-electron chi connectivity index (χ0n) is 18.8. The fraction of sp³-hybridized carbons (Fsp3) is 0.0741. The summed E-state index contributed by atoms with van der Waals surface area (Å²) in [6.07, 6.45) is 1.47. The van der Waals surface area contributed by atoms with Crippen LogP contribution in [0.3, 0.4) is 0 Å². The topological polar surface area (TPSA) is 72.9 Å². The zero-order valence-corrected chi connectivity index (χ0v) is 20.4. The van der Waals surface area contributed by atoms with Gasteiger partial charge in [0.2, 0.25) is 0 Å². The van der Waals surface area contributed by atoms with Gasteiger partial charge in [-0.25, -0.2) is 13.2 Å². The summed E-state index contributed by atoms with van der Waals surface area (Å²) in [5, 5.41) is 1.72. The van der Waals surface area contributed by atoms with Crippen molar-refractivity contribution >= 4 is 44.1 Å². The van der Waals surface area contributed by atoms with Crippen molar-refractivity contribution in [3.8, 4) is 11.5 Å². The summed E-state index contributed by atoms with van der Waals surface area (Å²) in [4.78, 5) is 12.9. The number of anilines is 1. The smallest absolute Gasteiger partial charge is 0.345 e. The van der Waals surface area contributed by atoms with Crippen molar-refractivity contribution in [2.24, 2.45) is 0 Å². The molecule has 0 unspecified atom stereocenters. The Morgan fingerprint density at radius 1 is 0.971 bits per heavy atom. The monoisotopic (exact) mass is 507 g/mol. The van der Waals surface area contributed by atoms with E-state index in [1.54, 1.807) is 36.4 Å². The molecule has 4 rings (SSSR count). The number of benzene rings is 4. The second-order valence-electron chi connectivity index (χ2n) is 7.51. The van der Waals surface area contributed by atoms with Crippen molar-refractivity contribution in [3.63, 3.8) is 0 Å². The SMILES string of the molecule is C=CCN(c1ccccc1OC)S(=O)(=O)c1ccc(Cl)c(C(=O)Oc2cccc3ccccc23)c1. The Labute approximate surface area is 209 Å². The van der Waals surface area contributed by atoms with Crippen LogP contribution in [-0.4, -0.2) is 28.0 Å². The van der Waals surface area contributed by atoms with E-state index in [2.05, 4.69) is 6.58 Å². The summed E-state index contributed by atoms with van der Waals surface area (Å²) < 4.78 is 39.4. The summed E-state index contributed by atoms with van der Waals surface area (Å²) in [5.74, 6) is -0.0434. The number of methoxy groups -OCH3 is 1. The summed E-state index contributed by atoms with van der Waals surface area (Å²) >= 11 is 6.29. The lowest BCUT2D eigenvalue weighted by molar-refractivity contribution is 0.0737. The molecule has 0 aromatic heterocycles. The number of carbonyl (C=O) groups is 1. The number of esters is 1. The van der Waals surface area contributed by atoms with E-state index in [4.69, 9.17) is 21.1 Å². The largest absolute Gasteiger partial charge is 0.495 e. The van der Waals surface area contributed by atoms with Crippen LogP contribution in [0, 0.1) is 0 Å². The van der Waals surface area contributed by atoms with Crippen LogP contribution < -0.4 is 13.8 Å². The molecule has 6 nitrogen and oxygen atoms in total. The quantitative estimate of drug-likeness (QED) is 0.164. The molecule has 35 heavy (non-hydrogen) atoms. The van der Waals surface area contributed by atoms with Crippen molar-refractivity contribution in [1.82, 2.24) is 0 Å². The third kappa shape index (κ3) is 4.87. The van der Waals surface area contributed by atoms with Crippen molar-refractivity contribution in [2.75, 3.05) is 18.0 Å². The van der Waals surface area contributed by atoms with Crippen LogP contribution >= 0.6 is 11.6 Å². The Hall–Kier alpha value is -3.81. The highest BCUT2D eigenvalue weighted by Gasteiger charge is 2.28. The van der Waals surface area contributed by atoms with Gasteiger partial charge < -0.3 is 9.47 Å². The van der Waals surface area contributed by atoms with E-state index in [-0.39, 0.29) is 22.0 Å². The van der Waals surface area contributed by atoms with Gasteiger partial charge in [0.05, 0.1) is 34.8 Å². The first-order valence-corrected chi connectivity index (χ1v) is 12.4. The maximum Gasteiger partial charge on any atom is 0.345 e. The number of hydrogen-bond acceptors (Lipinski definition) is 5. The minimum Gasteiger partial charge on any atom is -0.495 e. The van der Waals surface area contributed by atoms with E-state index in [0.717, 1.165) is 15.1 Å². The Kier molecular flexibility index (Phi) is 7.10. The molecule has 0 spiro atoms. The number of halogens is 1. The lowest BCUT2D eigenvalue weighted by Crippen LogP contribution is -2.31. The molecule has 0 amide bonds. The Morgan fingerprint density at radius 3 is 2.43 bits per heavy atom. The van der Waals surface area contributed by atoms with Gasteiger partial charge in [-0.05, 0) is 41.8 Å². The first-order valence-electron chi connectivity index (χ1n) is 10.6. The van der Waals surface area contributed by atoms with Crippen LogP contribution in [0.2, 0.25) is 5.02 Å². The predicted octanol–water partition coefficient (Wildman–Crippen LogP) is 6.10. The molecule has 8 heteroatoms. The lowest BCUT2D eigenvalue weighted by atomic mass is 10.1. The number of fused-ring (bicyclic) bond motifs is 1. The molecule has 0 saturated heterocycles. The Morgan fingerprint density at radius 2 is 1.66 bits per heavy atom. The second kappa shape index (κ2) is 10.2. The molecular weight excluding hydrogens is 486 g/mol. The molecule has 0 atom stereocenters. The van der Waals surface area contributed by atoms with E-state index in [1.807, 2.05) is 30.3 Å². The number of nitrogens with zero attached hydrogens (tertiary/aromatic N) is 1. The molecule has 0 radical (unpaired) electrons. The van der Waals surface area contributed by atoms with Crippen LogP contribution in [0.5, 0.6) is 11.5 Å². The second-order valence-corrected chi connectivity index (χ2v) is 9.77. The normalized spacial score (nSPS) is 11.1. The number of para-hydroxylation sites is 2. The van der Waals surface area contributed by atoms with Gasteiger partial charge in [0.25, 0.3) is 10.0 Å². The van der Waals surface area contributed by atoms with Gasteiger partial charge >= 0.3 is 5.97 Å². The molecule has 0 bridgehead atoms. The summed E-state index contributed by atoms with van der Waals surface area (Å²) in [6.45, 7) is 3.67. The highest BCUT2D eigenvalue weighted by atomic mass is 35.5. The highest BCUT2D eigenvalue weighted by molar-refractivity contribution is 7.92. The molecule has 0 fully saturated rings.